The minimum Gasteiger partial charge on any atom is -0.473 e. The Morgan fingerprint density at radius 3 is 2.06 bits per heavy atom. The summed E-state index contributed by atoms with van der Waals surface area (Å²) in [6.07, 6.45) is -0.354. The van der Waals surface area contributed by atoms with Gasteiger partial charge in [-0.2, -0.15) is 13.2 Å². The molecule has 196 valence electrons. The second kappa shape index (κ2) is 12.2. The topological polar surface area (TPSA) is 77.8 Å². The molecule has 0 aliphatic carbocycles. The molecule has 1 aliphatic heterocycles. The zero-order valence-electron chi connectivity index (χ0n) is 21.1. The van der Waals surface area contributed by atoms with Gasteiger partial charge in [-0.1, -0.05) is 70.2 Å². The molecule has 0 aromatic heterocycles. The SMILES string of the molecule is CC(C)Cc1ccc(C(C)(C)CN2CC=C(c3cccc(C(F)(F)F)c3)CC2)cc1.O=C(O)C(=O)O. The highest BCUT2D eigenvalue weighted by Crippen LogP contribution is 2.33. The third kappa shape index (κ3) is 8.82. The lowest BCUT2D eigenvalue weighted by molar-refractivity contribution is -0.159. The molecule has 1 aliphatic rings. The Kier molecular flexibility index (Phi) is 9.87. The number of hydrogen-bond donors (Lipinski definition) is 2. The second-order valence-corrected chi connectivity index (χ2v) is 10.1. The van der Waals surface area contributed by atoms with Crippen molar-refractivity contribution < 1.29 is 33.0 Å². The van der Waals surface area contributed by atoms with Crippen LogP contribution >= 0.6 is 0 Å². The molecule has 0 fully saturated rings. The van der Waals surface area contributed by atoms with Crippen molar-refractivity contribution in [3.8, 4) is 0 Å². The van der Waals surface area contributed by atoms with Crippen LogP contribution in [0, 0.1) is 5.92 Å². The molecule has 0 saturated heterocycles. The summed E-state index contributed by atoms with van der Waals surface area (Å²) in [4.78, 5) is 20.6. The van der Waals surface area contributed by atoms with E-state index in [1.54, 1.807) is 6.07 Å². The molecule has 0 saturated carbocycles. The summed E-state index contributed by atoms with van der Waals surface area (Å²) in [6.45, 7) is 11.5. The molecule has 0 bridgehead atoms. The van der Waals surface area contributed by atoms with Gasteiger partial charge >= 0.3 is 18.1 Å². The van der Waals surface area contributed by atoms with Crippen LogP contribution < -0.4 is 0 Å². The second-order valence-electron chi connectivity index (χ2n) is 10.1. The highest BCUT2D eigenvalue weighted by molar-refractivity contribution is 6.27. The number of nitrogens with zero attached hydrogens (tertiary/aromatic N) is 1. The van der Waals surface area contributed by atoms with Crippen LogP contribution in [-0.2, 0) is 27.6 Å². The van der Waals surface area contributed by atoms with Gasteiger partial charge in [-0.25, -0.2) is 9.59 Å². The monoisotopic (exact) mass is 505 g/mol. The molecule has 3 rings (SSSR count). The molecule has 0 amide bonds. The highest BCUT2D eigenvalue weighted by atomic mass is 19.4. The first-order valence-electron chi connectivity index (χ1n) is 11.8. The van der Waals surface area contributed by atoms with Crippen LogP contribution in [0.4, 0.5) is 13.2 Å². The fraction of sp³-hybridized carbons (Fsp3) is 0.429. The zero-order valence-corrected chi connectivity index (χ0v) is 21.1. The summed E-state index contributed by atoms with van der Waals surface area (Å²) >= 11 is 0. The molecule has 36 heavy (non-hydrogen) atoms. The van der Waals surface area contributed by atoms with E-state index >= 15 is 0 Å². The van der Waals surface area contributed by atoms with Gasteiger partial charge in [0, 0.05) is 25.0 Å². The van der Waals surface area contributed by atoms with Gasteiger partial charge in [0.15, 0.2) is 0 Å². The van der Waals surface area contributed by atoms with Gasteiger partial charge in [0.05, 0.1) is 5.56 Å². The summed E-state index contributed by atoms with van der Waals surface area (Å²) < 4.78 is 39.0. The van der Waals surface area contributed by atoms with Crippen molar-refractivity contribution in [1.29, 1.82) is 0 Å². The van der Waals surface area contributed by atoms with Gasteiger partial charge in [-0.05, 0) is 53.2 Å². The normalized spacial score (nSPS) is 14.6. The number of carboxylic acid groups (broad SMARTS) is 2. The van der Waals surface area contributed by atoms with Crippen molar-refractivity contribution in [2.75, 3.05) is 19.6 Å². The van der Waals surface area contributed by atoms with E-state index in [1.807, 2.05) is 0 Å². The number of aliphatic carboxylic acids is 2. The van der Waals surface area contributed by atoms with E-state index in [1.165, 1.54) is 23.3 Å². The lowest BCUT2D eigenvalue weighted by Crippen LogP contribution is -2.39. The molecule has 2 aromatic carbocycles. The fourth-order valence-electron chi connectivity index (χ4n) is 4.23. The molecule has 0 radical (unpaired) electrons. The van der Waals surface area contributed by atoms with Crippen LogP contribution in [0.3, 0.4) is 0 Å². The Labute approximate surface area is 210 Å². The molecular weight excluding hydrogens is 471 g/mol. The van der Waals surface area contributed by atoms with Gasteiger partial charge in [0.25, 0.3) is 0 Å². The zero-order chi connectivity index (χ0) is 27.1. The summed E-state index contributed by atoms with van der Waals surface area (Å²) in [7, 11) is 0. The van der Waals surface area contributed by atoms with Crippen LogP contribution in [0.1, 0.15) is 56.4 Å². The van der Waals surface area contributed by atoms with Crippen LogP contribution in [0.25, 0.3) is 5.57 Å². The minimum absolute atomic E-state index is 0.0118. The number of rotatable bonds is 6. The van der Waals surface area contributed by atoms with Crippen LogP contribution in [-0.4, -0.2) is 46.7 Å². The van der Waals surface area contributed by atoms with Gasteiger partial charge in [0.2, 0.25) is 0 Å². The average Bonchev–Trinajstić information content (AvgIpc) is 2.79. The summed E-state index contributed by atoms with van der Waals surface area (Å²) in [6, 6.07) is 14.6. The molecule has 0 atom stereocenters. The first kappa shape index (κ1) is 29.1. The summed E-state index contributed by atoms with van der Waals surface area (Å²) in [5, 5.41) is 14.8. The first-order valence-corrected chi connectivity index (χ1v) is 11.8. The van der Waals surface area contributed by atoms with Crippen molar-refractivity contribution in [2.24, 2.45) is 5.92 Å². The largest absolute Gasteiger partial charge is 0.473 e. The van der Waals surface area contributed by atoms with Crippen molar-refractivity contribution in [2.45, 2.75) is 52.1 Å². The van der Waals surface area contributed by atoms with Crippen LogP contribution in [0.15, 0.2) is 54.6 Å². The Hall–Kier alpha value is -3.13. The standard InChI is InChI=1S/C26H32F3N.C2H2O4/c1-19(2)16-20-8-10-23(11-9-20)25(3,4)18-30-14-12-21(13-15-30)22-6-5-7-24(17-22)26(27,28)29;3-1(4)2(5)6/h5-12,17,19H,13-16,18H2,1-4H3;(H,3,4)(H,5,6). The van der Waals surface area contributed by atoms with Crippen molar-refractivity contribution in [3.05, 3.63) is 76.9 Å². The quantitative estimate of drug-likeness (QED) is 0.462. The lowest BCUT2D eigenvalue weighted by atomic mass is 9.83. The Morgan fingerprint density at radius 2 is 1.58 bits per heavy atom. The molecule has 0 spiro atoms. The average molecular weight is 506 g/mol. The maximum atomic E-state index is 13.0. The number of benzene rings is 2. The van der Waals surface area contributed by atoms with Crippen molar-refractivity contribution in [1.82, 2.24) is 4.90 Å². The molecule has 0 unspecified atom stereocenters. The Morgan fingerprint density at radius 1 is 0.972 bits per heavy atom. The molecule has 2 N–H and O–H groups in total. The summed E-state index contributed by atoms with van der Waals surface area (Å²) in [5.41, 5.74) is 3.82. The number of carbonyl (C=O) groups is 2. The predicted octanol–water partition coefficient (Wildman–Crippen LogP) is 6.13. The van der Waals surface area contributed by atoms with E-state index < -0.39 is 23.7 Å². The smallest absolute Gasteiger partial charge is 0.416 e. The van der Waals surface area contributed by atoms with Crippen LogP contribution in [0.5, 0.6) is 0 Å². The molecule has 8 heteroatoms. The lowest BCUT2D eigenvalue weighted by Gasteiger charge is -2.35. The van der Waals surface area contributed by atoms with Gasteiger partial charge < -0.3 is 10.2 Å². The first-order chi connectivity index (χ1) is 16.7. The highest BCUT2D eigenvalue weighted by Gasteiger charge is 2.31. The van der Waals surface area contributed by atoms with E-state index in [-0.39, 0.29) is 5.41 Å². The maximum Gasteiger partial charge on any atom is 0.416 e. The van der Waals surface area contributed by atoms with Gasteiger partial charge in [-0.15, -0.1) is 0 Å². The molecular formula is C28H34F3NO4. The van der Waals surface area contributed by atoms with E-state index in [4.69, 9.17) is 19.8 Å². The fourth-order valence-corrected chi connectivity index (χ4v) is 4.23. The number of alkyl halides is 3. The molecule has 2 aromatic rings. The number of halogens is 3. The maximum absolute atomic E-state index is 13.0. The Balaban J connectivity index is 0.000000678. The summed E-state index contributed by atoms with van der Waals surface area (Å²) in [5.74, 6) is -3.00. The van der Waals surface area contributed by atoms with E-state index in [0.29, 0.717) is 11.5 Å². The van der Waals surface area contributed by atoms with E-state index in [0.717, 1.165) is 44.1 Å². The van der Waals surface area contributed by atoms with E-state index in [2.05, 4.69) is 62.9 Å². The molecule has 1 heterocycles. The number of hydrogen-bond acceptors (Lipinski definition) is 3. The third-order valence-corrected chi connectivity index (χ3v) is 6.04. The third-order valence-electron chi connectivity index (χ3n) is 6.04. The van der Waals surface area contributed by atoms with Gasteiger partial charge in [0.1, 0.15) is 0 Å². The van der Waals surface area contributed by atoms with Crippen molar-refractivity contribution in [3.63, 3.8) is 0 Å². The minimum atomic E-state index is -4.30. The van der Waals surface area contributed by atoms with Crippen LogP contribution in [0.2, 0.25) is 0 Å². The molecule has 5 nitrogen and oxygen atoms in total. The number of carboxylic acids is 2. The van der Waals surface area contributed by atoms with Crippen molar-refractivity contribution >= 4 is 17.5 Å². The van der Waals surface area contributed by atoms with E-state index in [9.17, 15) is 13.2 Å². The van der Waals surface area contributed by atoms with Gasteiger partial charge in [-0.3, -0.25) is 4.90 Å². The predicted molar refractivity (Wildman–Crippen MR) is 134 cm³/mol. The Bertz CT molecular complexity index is 1060.